The van der Waals surface area contributed by atoms with E-state index in [0.29, 0.717) is 39.1 Å². The summed E-state index contributed by atoms with van der Waals surface area (Å²) < 4.78 is 5.61. The van der Waals surface area contributed by atoms with E-state index in [1.165, 1.54) is 0 Å². The Balaban J connectivity index is 4.31. The van der Waals surface area contributed by atoms with Crippen LogP contribution in [0.1, 0.15) is 135 Å². The molecular weight excluding hydrogens is 526 g/mol. The lowest BCUT2D eigenvalue weighted by molar-refractivity contribution is -0.144. The van der Waals surface area contributed by atoms with Crippen LogP contribution in [0.25, 0.3) is 0 Å². The maximum Gasteiger partial charge on any atom is 0.307 e. The van der Waals surface area contributed by atoms with E-state index < -0.39 is 0 Å². The molecule has 1 amide bonds. The maximum atomic E-state index is 12.4. The molecule has 42 heavy (non-hydrogen) atoms. The van der Waals surface area contributed by atoms with Crippen molar-refractivity contribution in [3.8, 4) is 0 Å². The largest absolute Gasteiger partial charge is 0.466 e. The molecule has 0 aromatic heterocycles. The minimum absolute atomic E-state index is 0.00546. The second-order valence-corrected chi connectivity index (χ2v) is 17.2. The first-order valence-corrected chi connectivity index (χ1v) is 16.2. The summed E-state index contributed by atoms with van der Waals surface area (Å²) in [5, 5.41) is 17.2. The minimum atomic E-state index is -0.150. The highest BCUT2D eigenvalue weighted by Gasteiger charge is 2.30. The first kappa shape index (κ1) is 40.8. The SMILES string of the molecule is CC(C)(CCNC(=O)CCNC(C)(C)C)CC(C)(C)NCCC(=O)OCCC(C)(C)CC(C)(C)NCCNC(C)(C)C. The molecule has 0 aromatic carbocycles. The summed E-state index contributed by atoms with van der Waals surface area (Å²) in [6.07, 6.45) is 4.51. The summed E-state index contributed by atoms with van der Waals surface area (Å²) in [5.74, 6) is -0.0611. The van der Waals surface area contributed by atoms with Crippen LogP contribution in [0.5, 0.6) is 0 Å². The summed E-state index contributed by atoms with van der Waals surface area (Å²) in [5.41, 5.74) is 0.126. The summed E-state index contributed by atoms with van der Waals surface area (Å²) in [6, 6.07) is 0. The molecule has 250 valence electrons. The molecule has 0 heterocycles. The predicted octanol–water partition coefficient (Wildman–Crippen LogP) is 5.55. The van der Waals surface area contributed by atoms with Crippen molar-refractivity contribution in [1.29, 1.82) is 0 Å². The molecule has 0 bridgehead atoms. The highest BCUT2D eigenvalue weighted by molar-refractivity contribution is 5.76. The van der Waals surface area contributed by atoms with Crippen molar-refractivity contribution in [3.05, 3.63) is 0 Å². The lowest BCUT2D eigenvalue weighted by Gasteiger charge is -2.36. The van der Waals surface area contributed by atoms with E-state index in [9.17, 15) is 9.59 Å². The van der Waals surface area contributed by atoms with E-state index in [0.717, 1.165) is 38.8 Å². The number of rotatable bonds is 21. The molecule has 0 fully saturated rings. The Hall–Kier alpha value is -1.22. The molecular formula is C34H71N5O3. The van der Waals surface area contributed by atoms with Gasteiger partial charge < -0.3 is 31.3 Å². The van der Waals surface area contributed by atoms with Gasteiger partial charge in [0, 0.05) is 61.3 Å². The van der Waals surface area contributed by atoms with Gasteiger partial charge in [0.25, 0.3) is 0 Å². The molecule has 8 heteroatoms. The number of esters is 1. The van der Waals surface area contributed by atoms with E-state index in [2.05, 4.69) is 124 Å². The molecule has 0 spiro atoms. The molecule has 0 aliphatic heterocycles. The zero-order valence-corrected chi connectivity index (χ0v) is 30.2. The Bertz CT molecular complexity index is 792. The average molecular weight is 598 g/mol. The molecule has 0 unspecified atom stereocenters. The normalized spacial score (nSPS) is 13.8. The van der Waals surface area contributed by atoms with Gasteiger partial charge >= 0.3 is 5.97 Å². The van der Waals surface area contributed by atoms with Crippen LogP contribution in [0.2, 0.25) is 0 Å². The molecule has 0 atom stereocenters. The van der Waals surface area contributed by atoms with Gasteiger partial charge in [-0.1, -0.05) is 27.7 Å². The molecule has 0 radical (unpaired) electrons. The number of hydrogen-bond donors (Lipinski definition) is 5. The maximum absolute atomic E-state index is 12.4. The standard InChI is InChI=1S/C34H71N5O3/c1-29(2,3)36-19-15-27(40)35-21-17-31(7,8)25-33(11,12)38-20-16-28(41)42-24-18-32(9,10)26-34(13,14)39-23-22-37-30(4,5)6/h36-39H,15-26H2,1-14H3,(H,35,40). The van der Waals surface area contributed by atoms with E-state index in [1.807, 2.05) is 0 Å². The third kappa shape index (κ3) is 24.2. The lowest BCUT2D eigenvalue weighted by atomic mass is 9.77. The highest BCUT2D eigenvalue weighted by atomic mass is 16.5. The van der Waals surface area contributed by atoms with Crippen molar-refractivity contribution in [2.45, 2.75) is 158 Å². The third-order valence-corrected chi connectivity index (χ3v) is 7.33. The minimum Gasteiger partial charge on any atom is -0.466 e. The van der Waals surface area contributed by atoms with E-state index in [1.54, 1.807) is 0 Å². The summed E-state index contributed by atoms with van der Waals surface area (Å²) in [6.45, 7) is 34.9. The van der Waals surface area contributed by atoms with Crippen molar-refractivity contribution < 1.29 is 14.3 Å². The van der Waals surface area contributed by atoms with E-state index in [-0.39, 0.29) is 44.9 Å². The predicted molar refractivity (Wildman–Crippen MR) is 179 cm³/mol. The monoisotopic (exact) mass is 598 g/mol. The van der Waals surface area contributed by atoms with Gasteiger partial charge in [-0.2, -0.15) is 0 Å². The van der Waals surface area contributed by atoms with Gasteiger partial charge in [-0.15, -0.1) is 0 Å². The molecule has 0 saturated carbocycles. The van der Waals surface area contributed by atoms with Crippen molar-refractivity contribution in [2.75, 3.05) is 39.3 Å². The van der Waals surface area contributed by atoms with Crippen LogP contribution in [0.4, 0.5) is 0 Å². The van der Waals surface area contributed by atoms with Gasteiger partial charge in [-0.3, -0.25) is 9.59 Å². The fraction of sp³-hybridized carbons (Fsp3) is 0.941. The Morgan fingerprint density at radius 3 is 1.48 bits per heavy atom. The molecule has 8 nitrogen and oxygen atoms in total. The summed E-state index contributed by atoms with van der Waals surface area (Å²) in [4.78, 5) is 24.6. The second kappa shape index (κ2) is 17.3. The van der Waals surface area contributed by atoms with Gasteiger partial charge in [-0.25, -0.2) is 0 Å². The van der Waals surface area contributed by atoms with Gasteiger partial charge in [-0.05, 0) is 106 Å². The molecule has 0 aliphatic rings. The third-order valence-electron chi connectivity index (χ3n) is 7.33. The Labute approximate surface area is 260 Å². The Morgan fingerprint density at radius 1 is 0.524 bits per heavy atom. The van der Waals surface area contributed by atoms with Crippen molar-refractivity contribution in [1.82, 2.24) is 26.6 Å². The van der Waals surface area contributed by atoms with Crippen LogP contribution < -0.4 is 26.6 Å². The van der Waals surface area contributed by atoms with Crippen LogP contribution in [0.3, 0.4) is 0 Å². The topological polar surface area (TPSA) is 104 Å². The molecule has 0 rings (SSSR count). The first-order chi connectivity index (χ1) is 18.8. The lowest BCUT2D eigenvalue weighted by Crippen LogP contribution is -2.48. The molecule has 0 saturated heterocycles. The molecule has 0 aliphatic carbocycles. The Kier molecular flexibility index (Phi) is 16.8. The quantitative estimate of drug-likeness (QED) is 0.0873. The van der Waals surface area contributed by atoms with Crippen LogP contribution in [0.15, 0.2) is 0 Å². The zero-order chi connectivity index (χ0) is 32.9. The van der Waals surface area contributed by atoms with Gasteiger partial charge in [0.05, 0.1) is 13.0 Å². The first-order valence-electron chi connectivity index (χ1n) is 16.2. The number of ether oxygens (including phenoxy) is 1. The van der Waals surface area contributed by atoms with Crippen molar-refractivity contribution >= 4 is 11.9 Å². The highest BCUT2D eigenvalue weighted by Crippen LogP contribution is 2.32. The van der Waals surface area contributed by atoms with Gasteiger partial charge in [0.1, 0.15) is 0 Å². The summed E-state index contributed by atoms with van der Waals surface area (Å²) >= 11 is 0. The van der Waals surface area contributed by atoms with Crippen LogP contribution in [-0.2, 0) is 14.3 Å². The fourth-order valence-corrected chi connectivity index (χ4v) is 5.73. The second-order valence-electron chi connectivity index (χ2n) is 17.2. The smallest absolute Gasteiger partial charge is 0.307 e. The Morgan fingerprint density at radius 2 is 0.952 bits per heavy atom. The number of carbonyl (C=O) groups is 2. The number of carbonyl (C=O) groups excluding carboxylic acids is 2. The van der Waals surface area contributed by atoms with E-state index >= 15 is 0 Å². The zero-order valence-electron chi connectivity index (χ0n) is 30.2. The number of amides is 1. The number of hydrogen-bond acceptors (Lipinski definition) is 7. The van der Waals surface area contributed by atoms with Gasteiger partial charge in [0.2, 0.25) is 5.91 Å². The van der Waals surface area contributed by atoms with Crippen LogP contribution in [-0.4, -0.2) is 73.4 Å². The van der Waals surface area contributed by atoms with Gasteiger partial charge in [0.15, 0.2) is 0 Å². The average Bonchev–Trinajstić information content (AvgIpc) is 2.73. The number of nitrogens with one attached hydrogen (secondary N) is 5. The van der Waals surface area contributed by atoms with Crippen LogP contribution >= 0.6 is 0 Å². The van der Waals surface area contributed by atoms with Crippen molar-refractivity contribution in [2.24, 2.45) is 10.8 Å². The van der Waals surface area contributed by atoms with Crippen LogP contribution in [0, 0.1) is 10.8 Å². The van der Waals surface area contributed by atoms with E-state index in [4.69, 9.17) is 4.74 Å². The molecule has 0 aromatic rings. The van der Waals surface area contributed by atoms with Crippen molar-refractivity contribution in [3.63, 3.8) is 0 Å². The summed E-state index contributed by atoms with van der Waals surface area (Å²) in [7, 11) is 0. The fourth-order valence-electron chi connectivity index (χ4n) is 5.73. The molecule has 5 N–H and O–H groups in total.